The lowest BCUT2D eigenvalue weighted by Crippen LogP contribution is -2.44. The maximum Gasteiger partial charge on any atom is 0.223 e. The van der Waals surface area contributed by atoms with Crippen LogP contribution in [0.4, 0.5) is 0 Å². The minimum atomic E-state index is -0.0440. The van der Waals surface area contributed by atoms with Crippen LogP contribution in [0.25, 0.3) is 0 Å². The molecule has 1 fully saturated rings. The van der Waals surface area contributed by atoms with E-state index < -0.39 is 0 Å². The summed E-state index contributed by atoms with van der Waals surface area (Å²) in [6, 6.07) is 10.6. The second kappa shape index (κ2) is 8.93. The normalized spacial score (nSPS) is 23.9. The number of hydrogen-bond donors (Lipinski definition) is 0. The van der Waals surface area contributed by atoms with Crippen LogP contribution in [0.1, 0.15) is 60.7 Å². The van der Waals surface area contributed by atoms with E-state index in [0.717, 1.165) is 31.6 Å². The SMILES string of the molecule is Cc1cccc(C2c3ccsc3CCN2C(=O)CCC(=O)N2CC(C)CC(C)C2)c1. The van der Waals surface area contributed by atoms with E-state index in [4.69, 9.17) is 0 Å². The molecule has 0 saturated carbocycles. The number of fused-ring (bicyclic) bond motifs is 1. The number of likely N-dealkylation sites (tertiary alicyclic amines) is 1. The van der Waals surface area contributed by atoms with Crippen molar-refractivity contribution in [2.75, 3.05) is 19.6 Å². The molecule has 0 N–H and O–H groups in total. The Morgan fingerprint density at radius 3 is 2.53 bits per heavy atom. The van der Waals surface area contributed by atoms with Crippen molar-refractivity contribution in [1.82, 2.24) is 9.80 Å². The zero-order valence-electron chi connectivity index (χ0n) is 18.3. The molecule has 4 rings (SSSR count). The smallest absolute Gasteiger partial charge is 0.223 e. The predicted molar refractivity (Wildman–Crippen MR) is 122 cm³/mol. The van der Waals surface area contributed by atoms with Crippen LogP contribution in [-0.4, -0.2) is 41.2 Å². The van der Waals surface area contributed by atoms with Crippen LogP contribution in [0.15, 0.2) is 35.7 Å². The molecule has 5 heteroatoms. The van der Waals surface area contributed by atoms with Gasteiger partial charge in [-0.15, -0.1) is 11.3 Å². The molecule has 2 aromatic rings. The Kier molecular flexibility index (Phi) is 6.28. The zero-order valence-corrected chi connectivity index (χ0v) is 19.1. The average Bonchev–Trinajstić information content (AvgIpc) is 3.19. The predicted octanol–water partition coefficient (Wildman–Crippen LogP) is 4.82. The van der Waals surface area contributed by atoms with Gasteiger partial charge in [0.25, 0.3) is 0 Å². The van der Waals surface area contributed by atoms with Gasteiger partial charge in [-0.1, -0.05) is 43.7 Å². The third kappa shape index (κ3) is 4.46. The van der Waals surface area contributed by atoms with Crippen molar-refractivity contribution < 1.29 is 9.59 Å². The van der Waals surface area contributed by atoms with Gasteiger partial charge in [0, 0.05) is 37.4 Å². The molecule has 0 spiro atoms. The highest BCUT2D eigenvalue weighted by Crippen LogP contribution is 2.38. The van der Waals surface area contributed by atoms with Crippen molar-refractivity contribution in [3.05, 3.63) is 57.3 Å². The van der Waals surface area contributed by atoms with Crippen molar-refractivity contribution in [1.29, 1.82) is 0 Å². The van der Waals surface area contributed by atoms with Crippen LogP contribution in [0.2, 0.25) is 0 Å². The summed E-state index contributed by atoms with van der Waals surface area (Å²) in [4.78, 5) is 31.4. The molecule has 0 bridgehead atoms. The van der Waals surface area contributed by atoms with Crippen LogP contribution < -0.4 is 0 Å². The maximum absolute atomic E-state index is 13.3. The fourth-order valence-corrected chi connectivity index (χ4v) is 6.07. The summed E-state index contributed by atoms with van der Waals surface area (Å²) in [5, 5.41) is 2.13. The maximum atomic E-state index is 13.3. The summed E-state index contributed by atoms with van der Waals surface area (Å²) in [5.74, 6) is 1.29. The first-order valence-electron chi connectivity index (χ1n) is 11.1. The fraction of sp³-hybridized carbons (Fsp3) is 0.520. The lowest BCUT2D eigenvalue weighted by atomic mass is 9.91. The van der Waals surface area contributed by atoms with Gasteiger partial charge in [-0.3, -0.25) is 9.59 Å². The number of nitrogens with zero attached hydrogens (tertiary/aromatic N) is 2. The van der Waals surface area contributed by atoms with Gasteiger partial charge in [0.2, 0.25) is 11.8 Å². The van der Waals surface area contributed by atoms with Crippen molar-refractivity contribution in [2.24, 2.45) is 11.8 Å². The van der Waals surface area contributed by atoms with Gasteiger partial charge in [-0.05, 0) is 54.2 Å². The number of thiophene rings is 1. The third-order valence-corrected chi connectivity index (χ3v) is 7.41. The summed E-state index contributed by atoms with van der Waals surface area (Å²) in [7, 11) is 0. The highest BCUT2D eigenvalue weighted by atomic mass is 32.1. The largest absolute Gasteiger partial charge is 0.342 e. The molecule has 0 aliphatic carbocycles. The first-order valence-corrected chi connectivity index (χ1v) is 12.0. The molecule has 1 aromatic carbocycles. The summed E-state index contributed by atoms with van der Waals surface area (Å²) >= 11 is 1.78. The lowest BCUT2D eigenvalue weighted by Gasteiger charge is -2.37. The van der Waals surface area contributed by atoms with E-state index in [1.807, 2.05) is 9.80 Å². The van der Waals surface area contributed by atoms with Crippen LogP contribution in [0.3, 0.4) is 0 Å². The number of hydrogen-bond acceptors (Lipinski definition) is 3. The second-order valence-corrected chi connectivity index (χ2v) is 10.2. The number of carbonyl (C=O) groups is 2. The molecule has 0 radical (unpaired) electrons. The summed E-state index contributed by atoms with van der Waals surface area (Å²) in [6.07, 6.45) is 2.68. The molecule has 1 aromatic heterocycles. The number of benzene rings is 1. The number of carbonyl (C=O) groups excluding carboxylic acids is 2. The molecule has 3 atom stereocenters. The number of piperidine rings is 1. The van der Waals surface area contributed by atoms with Gasteiger partial charge in [-0.2, -0.15) is 0 Å². The Bertz CT molecular complexity index is 911. The zero-order chi connectivity index (χ0) is 21.3. The van der Waals surface area contributed by atoms with Crippen LogP contribution in [-0.2, 0) is 16.0 Å². The molecule has 3 unspecified atom stereocenters. The third-order valence-electron chi connectivity index (χ3n) is 6.42. The molecule has 2 aliphatic heterocycles. The Morgan fingerprint density at radius 2 is 1.80 bits per heavy atom. The topological polar surface area (TPSA) is 40.6 Å². The summed E-state index contributed by atoms with van der Waals surface area (Å²) < 4.78 is 0. The molecule has 2 aliphatic rings. The fourth-order valence-electron chi connectivity index (χ4n) is 5.17. The minimum absolute atomic E-state index is 0.0440. The van der Waals surface area contributed by atoms with Crippen LogP contribution in [0, 0.1) is 18.8 Å². The lowest BCUT2D eigenvalue weighted by molar-refractivity contribution is -0.139. The first kappa shape index (κ1) is 21.1. The van der Waals surface area contributed by atoms with Crippen molar-refractivity contribution in [3.63, 3.8) is 0 Å². The minimum Gasteiger partial charge on any atom is -0.342 e. The highest BCUT2D eigenvalue weighted by Gasteiger charge is 2.33. The molecular weight excluding hydrogens is 392 g/mol. The average molecular weight is 425 g/mol. The Hall–Kier alpha value is -2.14. The van der Waals surface area contributed by atoms with Crippen molar-refractivity contribution >= 4 is 23.2 Å². The second-order valence-electron chi connectivity index (χ2n) is 9.20. The summed E-state index contributed by atoms with van der Waals surface area (Å²) in [6.45, 7) is 8.87. The molecule has 2 amide bonds. The van der Waals surface area contributed by atoms with E-state index in [1.54, 1.807) is 11.3 Å². The number of rotatable bonds is 4. The summed E-state index contributed by atoms with van der Waals surface area (Å²) in [5.41, 5.74) is 3.61. The van der Waals surface area contributed by atoms with Crippen LogP contribution >= 0.6 is 11.3 Å². The van der Waals surface area contributed by atoms with Crippen molar-refractivity contribution in [2.45, 2.75) is 52.5 Å². The Labute approximate surface area is 183 Å². The van der Waals surface area contributed by atoms with E-state index >= 15 is 0 Å². The van der Waals surface area contributed by atoms with Gasteiger partial charge in [0.05, 0.1) is 6.04 Å². The Balaban J connectivity index is 1.48. The number of amides is 2. The van der Waals surface area contributed by atoms with Gasteiger partial charge >= 0.3 is 0 Å². The van der Waals surface area contributed by atoms with E-state index in [2.05, 4.69) is 56.5 Å². The van der Waals surface area contributed by atoms with E-state index in [1.165, 1.54) is 22.4 Å². The van der Waals surface area contributed by atoms with Gasteiger partial charge in [0.1, 0.15) is 0 Å². The highest BCUT2D eigenvalue weighted by molar-refractivity contribution is 7.10. The van der Waals surface area contributed by atoms with Gasteiger partial charge < -0.3 is 9.80 Å². The molecule has 160 valence electrons. The molecule has 1 saturated heterocycles. The molecule has 4 nitrogen and oxygen atoms in total. The van der Waals surface area contributed by atoms with E-state index in [9.17, 15) is 9.59 Å². The standard InChI is InChI=1S/C25H32N2O2S/c1-17-5-4-6-20(14-17)25-21-10-12-30-22(21)9-11-27(25)24(29)8-7-23(28)26-15-18(2)13-19(3)16-26/h4-6,10,12,14,18-19,25H,7-9,11,13,15-16H2,1-3H3. The van der Waals surface area contributed by atoms with E-state index in [-0.39, 0.29) is 17.9 Å². The van der Waals surface area contributed by atoms with Gasteiger partial charge in [0.15, 0.2) is 0 Å². The van der Waals surface area contributed by atoms with Gasteiger partial charge in [-0.25, -0.2) is 0 Å². The molecule has 30 heavy (non-hydrogen) atoms. The first-order chi connectivity index (χ1) is 14.4. The monoisotopic (exact) mass is 424 g/mol. The Morgan fingerprint density at radius 1 is 1.07 bits per heavy atom. The molecular formula is C25H32N2O2S. The number of aryl methyl sites for hydroxylation is 1. The quantitative estimate of drug-likeness (QED) is 0.706. The molecule has 3 heterocycles. The van der Waals surface area contributed by atoms with Crippen LogP contribution in [0.5, 0.6) is 0 Å². The van der Waals surface area contributed by atoms with Crippen molar-refractivity contribution in [3.8, 4) is 0 Å². The van der Waals surface area contributed by atoms with E-state index in [0.29, 0.717) is 24.7 Å².